The first-order valence-electron chi connectivity index (χ1n) is 6.32. The number of carbonyl (C=O) groups is 3. The Hall–Kier alpha value is -2.65. The van der Waals surface area contributed by atoms with Crippen molar-refractivity contribution in [2.24, 2.45) is 0 Å². The first-order chi connectivity index (χ1) is 9.99. The van der Waals surface area contributed by atoms with Crippen molar-refractivity contribution in [2.75, 3.05) is 6.54 Å². The van der Waals surface area contributed by atoms with Gasteiger partial charge < -0.3 is 20.8 Å². The highest BCUT2D eigenvalue weighted by Crippen LogP contribution is 2.01. The Kier molecular flexibility index (Phi) is 6.65. The van der Waals surface area contributed by atoms with E-state index in [-0.39, 0.29) is 25.8 Å². The van der Waals surface area contributed by atoms with Crippen molar-refractivity contribution in [3.63, 3.8) is 0 Å². The molecule has 0 aliphatic carbocycles. The molecule has 0 saturated carbocycles. The number of carboxylic acids is 2. The van der Waals surface area contributed by atoms with Crippen LogP contribution in [0.3, 0.4) is 0 Å². The fraction of sp³-hybridized carbons (Fsp3) is 0.545. The van der Waals surface area contributed by atoms with Crippen molar-refractivity contribution in [2.45, 2.75) is 31.8 Å². The number of carboxylic acid groups (broad SMARTS) is 2. The topological polar surface area (TPSA) is 146 Å². The number of carbonyl (C=O) groups excluding carboxylic acids is 1. The van der Waals surface area contributed by atoms with Gasteiger partial charge in [0.05, 0.1) is 12.7 Å². The molecule has 21 heavy (non-hydrogen) atoms. The number of amides is 2. The summed E-state index contributed by atoms with van der Waals surface area (Å²) in [6, 6.07) is -1.74. The normalized spacial score (nSPS) is 11.6. The van der Waals surface area contributed by atoms with Crippen LogP contribution < -0.4 is 10.6 Å². The van der Waals surface area contributed by atoms with E-state index in [0.29, 0.717) is 6.54 Å². The average molecular weight is 299 g/mol. The van der Waals surface area contributed by atoms with E-state index in [1.165, 1.54) is 10.9 Å². The first kappa shape index (κ1) is 16.4. The van der Waals surface area contributed by atoms with Crippen molar-refractivity contribution in [1.29, 1.82) is 0 Å². The molecule has 10 heteroatoms. The quantitative estimate of drug-likeness (QED) is 0.470. The molecule has 0 fully saturated rings. The third-order valence-corrected chi connectivity index (χ3v) is 2.59. The van der Waals surface area contributed by atoms with Gasteiger partial charge in [-0.1, -0.05) is 5.21 Å². The third kappa shape index (κ3) is 6.89. The van der Waals surface area contributed by atoms with Crippen LogP contribution in [0, 0.1) is 0 Å². The first-order valence-corrected chi connectivity index (χ1v) is 6.32. The summed E-state index contributed by atoms with van der Waals surface area (Å²) in [5, 5.41) is 29.5. The summed E-state index contributed by atoms with van der Waals surface area (Å²) < 4.78 is 1.52. The van der Waals surface area contributed by atoms with Crippen LogP contribution in [0.15, 0.2) is 12.4 Å². The number of rotatable bonds is 9. The van der Waals surface area contributed by atoms with E-state index < -0.39 is 24.0 Å². The van der Waals surface area contributed by atoms with Gasteiger partial charge in [-0.15, -0.1) is 5.10 Å². The maximum atomic E-state index is 11.5. The summed E-state index contributed by atoms with van der Waals surface area (Å²) >= 11 is 0. The lowest BCUT2D eigenvalue weighted by molar-refractivity contribution is -0.140. The molecule has 10 nitrogen and oxygen atoms in total. The van der Waals surface area contributed by atoms with Crippen LogP contribution in [0.25, 0.3) is 0 Å². The van der Waals surface area contributed by atoms with Gasteiger partial charge in [0.1, 0.15) is 6.04 Å². The summed E-state index contributed by atoms with van der Waals surface area (Å²) in [5.41, 5.74) is 0. The Labute approximate surface area is 120 Å². The van der Waals surface area contributed by atoms with Gasteiger partial charge in [0.2, 0.25) is 0 Å². The molecule has 1 aromatic rings. The Morgan fingerprint density at radius 2 is 2.05 bits per heavy atom. The molecule has 0 aliphatic rings. The van der Waals surface area contributed by atoms with Gasteiger partial charge in [-0.05, 0) is 12.8 Å². The van der Waals surface area contributed by atoms with Crippen LogP contribution in [-0.4, -0.2) is 55.8 Å². The summed E-state index contributed by atoms with van der Waals surface area (Å²) in [6.07, 6.45) is 3.22. The third-order valence-electron chi connectivity index (χ3n) is 2.59. The van der Waals surface area contributed by atoms with E-state index in [1.807, 2.05) is 0 Å². The number of hydrogen-bond donors (Lipinski definition) is 4. The molecule has 0 radical (unpaired) electrons. The largest absolute Gasteiger partial charge is 0.481 e. The van der Waals surface area contributed by atoms with Crippen LogP contribution in [0.1, 0.15) is 19.3 Å². The predicted octanol–water partition coefficient (Wildman–Crippen LogP) is -0.715. The lowest BCUT2D eigenvalue weighted by atomic mass is 10.1. The summed E-state index contributed by atoms with van der Waals surface area (Å²) in [4.78, 5) is 32.9. The lowest BCUT2D eigenvalue weighted by Gasteiger charge is -2.14. The second-order valence-electron chi connectivity index (χ2n) is 4.24. The number of nitrogens with one attached hydrogen (secondary N) is 2. The fourth-order valence-corrected chi connectivity index (χ4v) is 1.56. The summed E-state index contributed by atoms with van der Waals surface area (Å²) in [6.45, 7) is 0.667. The highest BCUT2D eigenvalue weighted by atomic mass is 16.4. The van der Waals surface area contributed by atoms with E-state index in [2.05, 4.69) is 20.9 Å². The van der Waals surface area contributed by atoms with Crippen LogP contribution in [-0.2, 0) is 16.1 Å². The van der Waals surface area contributed by atoms with Crippen LogP contribution in [0.4, 0.5) is 4.79 Å². The van der Waals surface area contributed by atoms with E-state index in [9.17, 15) is 14.4 Å². The Bertz CT molecular complexity index is 475. The molecule has 1 heterocycles. The highest BCUT2D eigenvalue weighted by Gasteiger charge is 2.19. The standard InChI is InChI=1S/C11H17N5O5/c17-9(18)3-1-2-8(10(19)20)14-11(21)12-4-6-16-7-5-13-15-16/h5,7-8H,1-4,6H2,(H,17,18)(H,19,20)(H2,12,14,21)/t8-/m1/s1. The highest BCUT2D eigenvalue weighted by molar-refractivity contribution is 5.82. The molecule has 0 saturated heterocycles. The van der Waals surface area contributed by atoms with Gasteiger partial charge in [0, 0.05) is 19.2 Å². The minimum atomic E-state index is -1.20. The molecule has 0 unspecified atom stereocenters. The lowest BCUT2D eigenvalue weighted by Crippen LogP contribution is -2.46. The van der Waals surface area contributed by atoms with Gasteiger partial charge in [-0.2, -0.15) is 0 Å². The molecule has 0 bridgehead atoms. The van der Waals surface area contributed by atoms with Gasteiger partial charge >= 0.3 is 18.0 Å². The van der Waals surface area contributed by atoms with Crippen molar-refractivity contribution >= 4 is 18.0 Å². The summed E-state index contributed by atoms with van der Waals surface area (Å²) in [5.74, 6) is -2.21. The molecule has 0 spiro atoms. The molecular formula is C11H17N5O5. The number of nitrogens with zero attached hydrogens (tertiary/aromatic N) is 3. The molecule has 1 aromatic heterocycles. The van der Waals surface area contributed by atoms with Crippen molar-refractivity contribution in [3.8, 4) is 0 Å². The Balaban J connectivity index is 2.27. The zero-order chi connectivity index (χ0) is 15.7. The smallest absolute Gasteiger partial charge is 0.326 e. The molecule has 2 amide bonds. The fourth-order valence-electron chi connectivity index (χ4n) is 1.56. The number of urea groups is 1. The second-order valence-corrected chi connectivity index (χ2v) is 4.24. The molecule has 0 aromatic carbocycles. The predicted molar refractivity (Wildman–Crippen MR) is 69.5 cm³/mol. The van der Waals surface area contributed by atoms with Crippen molar-refractivity contribution in [3.05, 3.63) is 12.4 Å². The van der Waals surface area contributed by atoms with E-state index in [1.54, 1.807) is 6.20 Å². The van der Waals surface area contributed by atoms with E-state index >= 15 is 0 Å². The minimum absolute atomic E-state index is 0.0537. The molecule has 0 aliphatic heterocycles. The van der Waals surface area contributed by atoms with Gasteiger partial charge in [0.15, 0.2) is 0 Å². The van der Waals surface area contributed by atoms with Gasteiger partial charge in [-0.25, -0.2) is 9.59 Å². The van der Waals surface area contributed by atoms with Crippen molar-refractivity contribution in [1.82, 2.24) is 25.6 Å². The van der Waals surface area contributed by atoms with Crippen LogP contribution in [0.2, 0.25) is 0 Å². The minimum Gasteiger partial charge on any atom is -0.481 e. The second kappa shape index (κ2) is 8.51. The van der Waals surface area contributed by atoms with Gasteiger partial charge in [0.25, 0.3) is 0 Å². The monoisotopic (exact) mass is 299 g/mol. The van der Waals surface area contributed by atoms with Crippen LogP contribution in [0.5, 0.6) is 0 Å². The maximum absolute atomic E-state index is 11.5. The Morgan fingerprint density at radius 3 is 2.62 bits per heavy atom. The van der Waals surface area contributed by atoms with Crippen LogP contribution >= 0.6 is 0 Å². The molecule has 4 N–H and O–H groups in total. The Morgan fingerprint density at radius 1 is 1.29 bits per heavy atom. The zero-order valence-electron chi connectivity index (χ0n) is 11.2. The molecule has 116 valence electrons. The van der Waals surface area contributed by atoms with E-state index in [0.717, 1.165) is 0 Å². The SMILES string of the molecule is O=C(O)CCC[C@@H](NC(=O)NCCn1ccnn1)C(=O)O. The molecule has 1 rings (SSSR count). The number of hydrogen-bond acceptors (Lipinski definition) is 5. The number of aromatic nitrogens is 3. The van der Waals surface area contributed by atoms with E-state index in [4.69, 9.17) is 10.2 Å². The maximum Gasteiger partial charge on any atom is 0.326 e. The zero-order valence-corrected chi connectivity index (χ0v) is 11.2. The average Bonchev–Trinajstić information content (AvgIpc) is 2.90. The number of aliphatic carboxylic acids is 2. The molecule has 1 atom stereocenters. The van der Waals surface area contributed by atoms with Crippen molar-refractivity contribution < 1.29 is 24.6 Å². The summed E-state index contributed by atoms with van der Waals surface area (Å²) in [7, 11) is 0. The van der Waals surface area contributed by atoms with Gasteiger partial charge in [-0.3, -0.25) is 9.48 Å². The molecular weight excluding hydrogens is 282 g/mol.